The van der Waals surface area contributed by atoms with Gasteiger partial charge >= 0.3 is 0 Å². The number of rotatable bonds is 2. The zero-order valence-electron chi connectivity index (χ0n) is 8.76. The summed E-state index contributed by atoms with van der Waals surface area (Å²) in [5, 5.41) is 3.01. The van der Waals surface area contributed by atoms with Crippen molar-refractivity contribution in [2.45, 2.75) is 0 Å². The molecule has 0 spiro atoms. The van der Waals surface area contributed by atoms with Crippen LogP contribution < -0.4 is 0 Å². The average molecular weight is 306 g/mol. The summed E-state index contributed by atoms with van der Waals surface area (Å²) in [6.07, 6.45) is 1.66. The number of thiazole rings is 1. The van der Waals surface area contributed by atoms with E-state index < -0.39 is 0 Å². The van der Waals surface area contributed by atoms with Crippen LogP contribution in [0.3, 0.4) is 0 Å². The standard InChI is InChI=1S/C13H8BrNOS/c14-10-4-1-3-9(7-10)13-15-11(8-17-13)12-5-2-6-16-12/h1-8H. The van der Waals surface area contributed by atoms with Crippen molar-refractivity contribution in [3.63, 3.8) is 0 Å². The predicted molar refractivity (Wildman–Crippen MR) is 73.0 cm³/mol. The molecule has 84 valence electrons. The van der Waals surface area contributed by atoms with Gasteiger partial charge in [-0.05, 0) is 24.3 Å². The highest BCUT2D eigenvalue weighted by atomic mass is 79.9. The lowest BCUT2D eigenvalue weighted by molar-refractivity contribution is 0.580. The number of hydrogen-bond donors (Lipinski definition) is 0. The Hall–Kier alpha value is -1.39. The maximum atomic E-state index is 5.33. The number of furan rings is 1. The largest absolute Gasteiger partial charge is 0.463 e. The van der Waals surface area contributed by atoms with E-state index in [9.17, 15) is 0 Å². The van der Waals surface area contributed by atoms with Crippen LogP contribution in [0.25, 0.3) is 22.0 Å². The molecule has 0 bridgehead atoms. The molecular weight excluding hydrogens is 298 g/mol. The number of hydrogen-bond acceptors (Lipinski definition) is 3. The molecule has 0 aliphatic carbocycles. The summed E-state index contributed by atoms with van der Waals surface area (Å²) in [5.41, 5.74) is 2.00. The molecule has 0 saturated carbocycles. The van der Waals surface area contributed by atoms with E-state index in [1.165, 1.54) is 0 Å². The van der Waals surface area contributed by atoms with E-state index in [1.54, 1.807) is 17.6 Å². The van der Waals surface area contributed by atoms with Crippen molar-refractivity contribution >= 4 is 27.3 Å². The maximum absolute atomic E-state index is 5.33. The lowest BCUT2D eigenvalue weighted by Crippen LogP contribution is -1.77. The summed E-state index contributed by atoms with van der Waals surface area (Å²) in [6, 6.07) is 11.9. The molecule has 2 nitrogen and oxygen atoms in total. The number of benzene rings is 1. The zero-order valence-corrected chi connectivity index (χ0v) is 11.2. The summed E-state index contributed by atoms with van der Waals surface area (Å²) in [7, 11) is 0. The van der Waals surface area contributed by atoms with Gasteiger partial charge in [-0.3, -0.25) is 0 Å². The molecule has 17 heavy (non-hydrogen) atoms. The van der Waals surface area contributed by atoms with Crippen molar-refractivity contribution in [3.05, 3.63) is 52.5 Å². The summed E-state index contributed by atoms with van der Waals surface area (Å²) in [4.78, 5) is 4.57. The van der Waals surface area contributed by atoms with Gasteiger partial charge < -0.3 is 4.42 Å². The highest BCUT2D eigenvalue weighted by Gasteiger charge is 2.08. The van der Waals surface area contributed by atoms with Gasteiger partial charge in [-0.2, -0.15) is 0 Å². The Kier molecular flexibility index (Phi) is 2.82. The van der Waals surface area contributed by atoms with Crippen LogP contribution in [-0.2, 0) is 0 Å². The van der Waals surface area contributed by atoms with E-state index in [4.69, 9.17) is 4.42 Å². The summed E-state index contributed by atoms with van der Waals surface area (Å²) in [6.45, 7) is 0. The molecule has 0 atom stereocenters. The third-order valence-electron chi connectivity index (χ3n) is 2.35. The van der Waals surface area contributed by atoms with Gasteiger partial charge in [0, 0.05) is 15.4 Å². The molecule has 4 heteroatoms. The van der Waals surface area contributed by atoms with Crippen LogP contribution in [0, 0.1) is 0 Å². The highest BCUT2D eigenvalue weighted by molar-refractivity contribution is 9.10. The summed E-state index contributed by atoms with van der Waals surface area (Å²) in [5.74, 6) is 0.808. The molecule has 0 radical (unpaired) electrons. The van der Waals surface area contributed by atoms with E-state index in [0.29, 0.717) is 0 Å². The van der Waals surface area contributed by atoms with Gasteiger partial charge in [0.15, 0.2) is 5.76 Å². The highest BCUT2D eigenvalue weighted by Crippen LogP contribution is 2.30. The van der Waals surface area contributed by atoms with E-state index >= 15 is 0 Å². The molecule has 0 aliphatic rings. The fraction of sp³-hybridized carbons (Fsp3) is 0. The smallest absolute Gasteiger partial charge is 0.153 e. The predicted octanol–water partition coefficient (Wildman–Crippen LogP) is 4.83. The maximum Gasteiger partial charge on any atom is 0.153 e. The van der Waals surface area contributed by atoms with Crippen LogP contribution >= 0.6 is 27.3 Å². The van der Waals surface area contributed by atoms with Gasteiger partial charge in [0.25, 0.3) is 0 Å². The van der Waals surface area contributed by atoms with Gasteiger partial charge in [-0.1, -0.05) is 28.1 Å². The van der Waals surface area contributed by atoms with E-state index in [1.807, 2.05) is 29.6 Å². The Morgan fingerprint density at radius 3 is 2.88 bits per heavy atom. The van der Waals surface area contributed by atoms with Crippen molar-refractivity contribution in [2.24, 2.45) is 0 Å². The number of aromatic nitrogens is 1. The van der Waals surface area contributed by atoms with Gasteiger partial charge in [-0.15, -0.1) is 11.3 Å². The molecule has 0 saturated heterocycles. The Balaban J connectivity index is 2.01. The van der Waals surface area contributed by atoms with Gasteiger partial charge in [0.1, 0.15) is 10.7 Å². The van der Waals surface area contributed by atoms with E-state index in [0.717, 1.165) is 26.5 Å². The first-order valence-corrected chi connectivity index (χ1v) is 6.75. The van der Waals surface area contributed by atoms with Gasteiger partial charge in [0.05, 0.1) is 6.26 Å². The zero-order chi connectivity index (χ0) is 11.7. The van der Waals surface area contributed by atoms with Crippen LogP contribution in [0.1, 0.15) is 0 Å². The molecule has 0 unspecified atom stereocenters. The lowest BCUT2D eigenvalue weighted by Gasteiger charge is -1.96. The second-order valence-electron chi connectivity index (χ2n) is 3.53. The third kappa shape index (κ3) is 2.18. The second-order valence-corrected chi connectivity index (χ2v) is 5.30. The molecule has 3 aromatic rings. The Labute approximate surface area is 111 Å². The first-order chi connectivity index (χ1) is 8.33. The van der Waals surface area contributed by atoms with Crippen molar-refractivity contribution in [1.29, 1.82) is 0 Å². The molecule has 0 N–H and O–H groups in total. The van der Waals surface area contributed by atoms with Gasteiger partial charge in [0.2, 0.25) is 0 Å². The van der Waals surface area contributed by atoms with Crippen LogP contribution in [0.5, 0.6) is 0 Å². The van der Waals surface area contributed by atoms with E-state index in [2.05, 4.69) is 33.0 Å². The van der Waals surface area contributed by atoms with Gasteiger partial charge in [-0.25, -0.2) is 4.98 Å². The molecular formula is C13H8BrNOS. The molecule has 3 rings (SSSR count). The summed E-state index contributed by atoms with van der Waals surface area (Å²) < 4.78 is 6.39. The summed E-state index contributed by atoms with van der Waals surface area (Å²) >= 11 is 5.08. The Morgan fingerprint density at radius 2 is 2.12 bits per heavy atom. The minimum Gasteiger partial charge on any atom is -0.463 e. The van der Waals surface area contributed by atoms with Crippen LogP contribution in [0.2, 0.25) is 0 Å². The fourth-order valence-electron chi connectivity index (χ4n) is 1.57. The minimum absolute atomic E-state index is 0.808. The Morgan fingerprint density at radius 1 is 1.18 bits per heavy atom. The second kappa shape index (κ2) is 4.47. The van der Waals surface area contributed by atoms with Crippen LogP contribution in [0.4, 0.5) is 0 Å². The average Bonchev–Trinajstić information content (AvgIpc) is 3.00. The van der Waals surface area contributed by atoms with Crippen molar-refractivity contribution in [2.75, 3.05) is 0 Å². The molecule has 0 aliphatic heterocycles. The monoisotopic (exact) mass is 305 g/mol. The lowest BCUT2D eigenvalue weighted by atomic mass is 10.2. The SMILES string of the molecule is Brc1cccc(-c2nc(-c3ccco3)cs2)c1. The number of halogens is 1. The number of nitrogens with zero attached hydrogens (tertiary/aromatic N) is 1. The minimum atomic E-state index is 0.808. The van der Waals surface area contributed by atoms with Crippen molar-refractivity contribution in [1.82, 2.24) is 4.98 Å². The normalized spacial score (nSPS) is 10.6. The van der Waals surface area contributed by atoms with Crippen molar-refractivity contribution < 1.29 is 4.42 Å². The third-order valence-corrected chi connectivity index (χ3v) is 3.73. The quantitative estimate of drug-likeness (QED) is 0.677. The molecule has 1 aromatic carbocycles. The Bertz CT molecular complexity index is 630. The topological polar surface area (TPSA) is 26.0 Å². The molecule has 2 aromatic heterocycles. The van der Waals surface area contributed by atoms with Crippen LogP contribution in [-0.4, -0.2) is 4.98 Å². The van der Waals surface area contributed by atoms with Crippen molar-refractivity contribution in [3.8, 4) is 22.0 Å². The molecule has 0 fully saturated rings. The molecule has 0 amide bonds. The first kappa shape index (κ1) is 10.7. The fourth-order valence-corrected chi connectivity index (χ4v) is 2.77. The first-order valence-electron chi connectivity index (χ1n) is 5.08. The molecule has 2 heterocycles. The van der Waals surface area contributed by atoms with E-state index in [-0.39, 0.29) is 0 Å². The van der Waals surface area contributed by atoms with Crippen LogP contribution in [0.15, 0.2) is 56.9 Å².